The number of unbranched alkanes of at least 4 members (excludes halogenated alkanes) is 1. The zero-order valence-electron chi connectivity index (χ0n) is 13.4. The maximum absolute atomic E-state index is 11.5. The Morgan fingerprint density at radius 2 is 1.55 bits per heavy atom. The van der Waals surface area contributed by atoms with Crippen LogP contribution in [0.4, 0.5) is 0 Å². The molecule has 0 aliphatic heterocycles. The van der Waals surface area contributed by atoms with E-state index in [0.29, 0.717) is 18.3 Å². The molecule has 0 bridgehead atoms. The van der Waals surface area contributed by atoms with Gasteiger partial charge in [0.25, 0.3) is 0 Å². The van der Waals surface area contributed by atoms with Crippen molar-refractivity contribution in [2.24, 2.45) is 11.8 Å². The second-order valence-electron chi connectivity index (χ2n) is 6.07. The largest absolute Gasteiger partial charge is 0.481 e. The number of carbonyl (C=O) groups is 2. The lowest BCUT2D eigenvalue weighted by molar-refractivity contribution is -0.147. The van der Waals surface area contributed by atoms with Crippen LogP contribution < -0.4 is 0 Å². The molecule has 1 atom stereocenters. The Balaban J connectivity index is 3.85. The van der Waals surface area contributed by atoms with Gasteiger partial charge in [0.15, 0.2) is 0 Å². The van der Waals surface area contributed by atoms with Gasteiger partial charge in [-0.2, -0.15) is 0 Å². The average molecular weight is 286 g/mol. The number of hydrogen-bond acceptors (Lipinski definition) is 3. The molecule has 0 saturated heterocycles. The highest BCUT2D eigenvalue weighted by Gasteiger charge is 2.14. The van der Waals surface area contributed by atoms with Gasteiger partial charge in [-0.05, 0) is 44.9 Å². The summed E-state index contributed by atoms with van der Waals surface area (Å²) < 4.78 is 5.11. The van der Waals surface area contributed by atoms with Gasteiger partial charge >= 0.3 is 11.9 Å². The fourth-order valence-electron chi connectivity index (χ4n) is 2.32. The molecule has 0 radical (unpaired) electrons. The standard InChI is InChI=1S/C16H30O4/c1-12(2)14(8-5-6-10-15(17)18)9-7-11-16(19)20-13(3)4/h12-14H,5-11H2,1-4H3,(H,17,18). The van der Waals surface area contributed by atoms with E-state index >= 15 is 0 Å². The first-order valence-corrected chi connectivity index (χ1v) is 7.74. The molecule has 1 unspecified atom stereocenters. The zero-order valence-corrected chi connectivity index (χ0v) is 13.4. The number of hydrogen-bond donors (Lipinski definition) is 1. The van der Waals surface area contributed by atoms with Gasteiger partial charge in [-0.1, -0.05) is 26.7 Å². The summed E-state index contributed by atoms with van der Waals surface area (Å²) in [5.74, 6) is 0.299. The van der Waals surface area contributed by atoms with Crippen LogP contribution in [0.2, 0.25) is 0 Å². The van der Waals surface area contributed by atoms with E-state index in [9.17, 15) is 9.59 Å². The van der Waals surface area contributed by atoms with Crippen LogP contribution >= 0.6 is 0 Å². The molecule has 1 N–H and O–H groups in total. The Hall–Kier alpha value is -1.06. The number of carbonyl (C=O) groups excluding carboxylic acids is 1. The molecule has 0 aromatic carbocycles. The summed E-state index contributed by atoms with van der Waals surface area (Å²) in [7, 11) is 0. The minimum Gasteiger partial charge on any atom is -0.481 e. The Kier molecular flexibility index (Phi) is 10.1. The van der Waals surface area contributed by atoms with Gasteiger partial charge < -0.3 is 9.84 Å². The van der Waals surface area contributed by atoms with Crippen LogP contribution in [0, 0.1) is 11.8 Å². The van der Waals surface area contributed by atoms with Gasteiger partial charge in [-0.25, -0.2) is 0 Å². The third kappa shape index (κ3) is 10.8. The van der Waals surface area contributed by atoms with E-state index in [1.165, 1.54) is 0 Å². The molecule has 4 heteroatoms. The van der Waals surface area contributed by atoms with Crippen molar-refractivity contribution in [3.8, 4) is 0 Å². The lowest BCUT2D eigenvalue weighted by Crippen LogP contribution is -2.13. The molecule has 0 rings (SSSR count). The highest BCUT2D eigenvalue weighted by molar-refractivity contribution is 5.69. The van der Waals surface area contributed by atoms with Gasteiger partial charge in [-0.3, -0.25) is 9.59 Å². The highest BCUT2D eigenvalue weighted by Crippen LogP contribution is 2.24. The van der Waals surface area contributed by atoms with E-state index in [0.717, 1.165) is 32.1 Å². The van der Waals surface area contributed by atoms with Crippen molar-refractivity contribution < 1.29 is 19.4 Å². The van der Waals surface area contributed by atoms with Crippen molar-refractivity contribution in [1.82, 2.24) is 0 Å². The van der Waals surface area contributed by atoms with Crippen molar-refractivity contribution >= 4 is 11.9 Å². The van der Waals surface area contributed by atoms with Gasteiger partial charge in [-0.15, -0.1) is 0 Å². The molecule has 0 fully saturated rings. The van der Waals surface area contributed by atoms with Crippen LogP contribution in [0.25, 0.3) is 0 Å². The van der Waals surface area contributed by atoms with E-state index in [-0.39, 0.29) is 18.5 Å². The van der Waals surface area contributed by atoms with E-state index in [4.69, 9.17) is 9.84 Å². The molecule has 4 nitrogen and oxygen atoms in total. The normalized spacial score (nSPS) is 12.7. The Bertz CT molecular complexity index is 284. The van der Waals surface area contributed by atoms with Crippen molar-refractivity contribution in [1.29, 1.82) is 0 Å². The predicted molar refractivity (Wildman–Crippen MR) is 79.5 cm³/mol. The first-order valence-electron chi connectivity index (χ1n) is 7.74. The number of aliphatic carboxylic acids is 1. The maximum atomic E-state index is 11.5. The molecule has 118 valence electrons. The fourth-order valence-corrected chi connectivity index (χ4v) is 2.32. The van der Waals surface area contributed by atoms with Crippen molar-refractivity contribution in [3.63, 3.8) is 0 Å². The summed E-state index contributed by atoms with van der Waals surface area (Å²) in [5.41, 5.74) is 0. The molecule has 0 amide bonds. The van der Waals surface area contributed by atoms with Crippen molar-refractivity contribution in [3.05, 3.63) is 0 Å². The SMILES string of the molecule is CC(C)OC(=O)CCCC(CCCCC(=O)O)C(C)C. The quantitative estimate of drug-likeness (QED) is 0.460. The summed E-state index contributed by atoms with van der Waals surface area (Å²) >= 11 is 0. The Labute approximate surface area is 122 Å². The first kappa shape index (κ1) is 18.9. The first-order chi connectivity index (χ1) is 9.32. The zero-order chi connectivity index (χ0) is 15.5. The van der Waals surface area contributed by atoms with Crippen LogP contribution in [-0.4, -0.2) is 23.1 Å². The van der Waals surface area contributed by atoms with Crippen LogP contribution in [0.15, 0.2) is 0 Å². The minimum absolute atomic E-state index is 0.0422. The Morgan fingerprint density at radius 1 is 0.950 bits per heavy atom. The van der Waals surface area contributed by atoms with Gasteiger partial charge in [0.1, 0.15) is 0 Å². The number of carboxylic acids is 1. The maximum Gasteiger partial charge on any atom is 0.306 e. The molecule has 0 heterocycles. The van der Waals surface area contributed by atoms with Crippen molar-refractivity contribution in [2.75, 3.05) is 0 Å². The molecule has 0 spiro atoms. The third-order valence-corrected chi connectivity index (χ3v) is 3.48. The topological polar surface area (TPSA) is 63.6 Å². The summed E-state index contributed by atoms with van der Waals surface area (Å²) in [6.45, 7) is 8.09. The molecule has 0 aromatic heterocycles. The monoisotopic (exact) mass is 286 g/mol. The van der Waals surface area contributed by atoms with E-state index in [2.05, 4.69) is 13.8 Å². The summed E-state index contributed by atoms with van der Waals surface area (Å²) in [4.78, 5) is 21.9. The average Bonchev–Trinajstić information content (AvgIpc) is 2.30. The van der Waals surface area contributed by atoms with Gasteiger partial charge in [0.05, 0.1) is 6.10 Å². The highest BCUT2D eigenvalue weighted by atomic mass is 16.5. The molecule has 0 saturated carbocycles. The molecule has 0 aromatic rings. The van der Waals surface area contributed by atoms with Gasteiger partial charge in [0, 0.05) is 12.8 Å². The summed E-state index contributed by atoms with van der Waals surface area (Å²) in [6, 6.07) is 0. The smallest absolute Gasteiger partial charge is 0.306 e. The lowest BCUT2D eigenvalue weighted by atomic mass is 9.86. The predicted octanol–water partition coefficient (Wildman–Crippen LogP) is 4.03. The number of rotatable bonds is 11. The Morgan fingerprint density at radius 3 is 2.05 bits per heavy atom. The summed E-state index contributed by atoms with van der Waals surface area (Å²) in [6.07, 6.45) is 5.30. The third-order valence-electron chi connectivity index (χ3n) is 3.48. The number of ether oxygens (including phenoxy) is 1. The van der Waals surface area contributed by atoms with Crippen LogP contribution in [0.1, 0.15) is 72.6 Å². The molecular weight excluding hydrogens is 256 g/mol. The lowest BCUT2D eigenvalue weighted by Gasteiger charge is -2.20. The summed E-state index contributed by atoms with van der Waals surface area (Å²) in [5, 5.41) is 8.61. The van der Waals surface area contributed by atoms with Gasteiger partial charge in [0.2, 0.25) is 0 Å². The number of esters is 1. The van der Waals surface area contributed by atoms with Crippen LogP contribution in [-0.2, 0) is 14.3 Å². The van der Waals surface area contributed by atoms with Crippen LogP contribution in [0.5, 0.6) is 0 Å². The van der Waals surface area contributed by atoms with Crippen LogP contribution in [0.3, 0.4) is 0 Å². The van der Waals surface area contributed by atoms with E-state index < -0.39 is 5.97 Å². The molecule has 0 aliphatic rings. The fraction of sp³-hybridized carbons (Fsp3) is 0.875. The molecule has 20 heavy (non-hydrogen) atoms. The second-order valence-corrected chi connectivity index (χ2v) is 6.07. The molecule has 0 aliphatic carbocycles. The van der Waals surface area contributed by atoms with Crippen molar-refractivity contribution in [2.45, 2.75) is 78.7 Å². The van der Waals surface area contributed by atoms with E-state index in [1.54, 1.807) is 0 Å². The molecular formula is C16H30O4. The van der Waals surface area contributed by atoms with E-state index in [1.807, 2.05) is 13.8 Å². The minimum atomic E-state index is -0.720. The number of carboxylic acid groups (broad SMARTS) is 1. The second kappa shape index (κ2) is 10.7.